The van der Waals surface area contributed by atoms with Crippen molar-refractivity contribution in [2.75, 3.05) is 62.5 Å². The highest BCUT2D eigenvalue weighted by Gasteiger charge is 2.17. The van der Waals surface area contributed by atoms with Gasteiger partial charge < -0.3 is 25.2 Å². The minimum absolute atomic E-state index is 0.407. The molecule has 0 unspecified atom stereocenters. The Morgan fingerprint density at radius 1 is 1.08 bits per heavy atom. The Labute approximate surface area is 212 Å². The summed E-state index contributed by atoms with van der Waals surface area (Å²) < 4.78 is 5.66. The zero-order valence-electron chi connectivity index (χ0n) is 20.8. The van der Waals surface area contributed by atoms with Gasteiger partial charge in [0.25, 0.3) is 0 Å². The van der Waals surface area contributed by atoms with Crippen LogP contribution in [0.5, 0.6) is 5.75 Å². The molecule has 0 atom stereocenters. The molecule has 36 heavy (non-hydrogen) atoms. The molecule has 186 valence electrons. The molecule has 0 radical (unpaired) electrons. The SMILES string of the molecule is C=N/C(=C\C=NCNc1ccc(N2CCN(C)CC2)c(OC)c1)Nc1cccnc1-c1ccccn1. The number of benzene rings is 1. The van der Waals surface area contributed by atoms with Crippen LogP contribution in [0.2, 0.25) is 0 Å². The summed E-state index contributed by atoms with van der Waals surface area (Å²) in [6.45, 7) is 8.15. The Bertz CT molecular complexity index is 1200. The topological polar surface area (TPSA) is 90.3 Å². The van der Waals surface area contributed by atoms with Crippen molar-refractivity contribution >= 4 is 30.0 Å². The lowest BCUT2D eigenvalue weighted by atomic mass is 10.2. The number of allylic oxidation sites excluding steroid dienone is 1. The Hall–Kier alpha value is -4.24. The molecule has 1 aliphatic heterocycles. The number of pyridine rings is 2. The minimum atomic E-state index is 0.407. The van der Waals surface area contributed by atoms with Gasteiger partial charge in [0.05, 0.1) is 24.2 Å². The molecular formula is C27H32N8O. The number of hydrogen-bond acceptors (Lipinski definition) is 9. The highest BCUT2D eigenvalue weighted by molar-refractivity contribution is 5.77. The predicted octanol–water partition coefficient (Wildman–Crippen LogP) is 4.00. The summed E-state index contributed by atoms with van der Waals surface area (Å²) in [5.74, 6) is 1.41. The summed E-state index contributed by atoms with van der Waals surface area (Å²) in [5, 5.41) is 6.56. The molecular weight excluding hydrogens is 452 g/mol. The fraction of sp³-hybridized carbons (Fsp3) is 0.259. The zero-order chi connectivity index (χ0) is 25.2. The minimum Gasteiger partial charge on any atom is -0.495 e. The third-order valence-corrected chi connectivity index (χ3v) is 5.88. The number of nitrogens with one attached hydrogen (secondary N) is 2. The molecule has 0 amide bonds. The number of aromatic nitrogens is 2. The van der Waals surface area contributed by atoms with Gasteiger partial charge >= 0.3 is 0 Å². The van der Waals surface area contributed by atoms with Crippen LogP contribution < -0.4 is 20.3 Å². The van der Waals surface area contributed by atoms with Crippen LogP contribution in [0.1, 0.15) is 0 Å². The number of piperazine rings is 1. The van der Waals surface area contributed by atoms with Gasteiger partial charge in [0.2, 0.25) is 0 Å². The number of ether oxygens (including phenoxy) is 1. The quantitative estimate of drug-likeness (QED) is 0.421. The lowest BCUT2D eigenvalue weighted by molar-refractivity contribution is 0.311. The molecule has 4 rings (SSSR count). The Balaban J connectivity index is 1.35. The van der Waals surface area contributed by atoms with E-state index in [1.54, 1.807) is 31.8 Å². The van der Waals surface area contributed by atoms with E-state index in [0.29, 0.717) is 12.5 Å². The fourth-order valence-electron chi connectivity index (χ4n) is 3.89. The summed E-state index contributed by atoms with van der Waals surface area (Å²) >= 11 is 0. The lowest BCUT2D eigenvalue weighted by Crippen LogP contribution is -2.44. The van der Waals surface area contributed by atoms with Crippen molar-refractivity contribution in [2.24, 2.45) is 9.98 Å². The van der Waals surface area contributed by atoms with Crippen molar-refractivity contribution in [1.29, 1.82) is 0 Å². The molecule has 9 nitrogen and oxygen atoms in total. The fourth-order valence-corrected chi connectivity index (χ4v) is 3.89. The van der Waals surface area contributed by atoms with Crippen LogP contribution >= 0.6 is 0 Å². The number of methoxy groups -OCH3 is 1. The highest BCUT2D eigenvalue weighted by Crippen LogP contribution is 2.32. The summed E-state index contributed by atoms with van der Waals surface area (Å²) in [6, 6.07) is 15.7. The number of aliphatic imine (C=N–C) groups is 2. The molecule has 3 heterocycles. The van der Waals surface area contributed by atoms with Crippen LogP contribution in [0, 0.1) is 0 Å². The maximum absolute atomic E-state index is 5.66. The smallest absolute Gasteiger partial charge is 0.144 e. The molecule has 2 N–H and O–H groups in total. The highest BCUT2D eigenvalue weighted by atomic mass is 16.5. The summed E-state index contributed by atoms with van der Waals surface area (Å²) in [7, 11) is 3.86. The number of likely N-dealkylation sites (N-methyl/N-ethyl adjacent to an activating group) is 1. The monoisotopic (exact) mass is 484 g/mol. The van der Waals surface area contributed by atoms with Gasteiger partial charge in [-0.15, -0.1) is 0 Å². The third kappa shape index (κ3) is 6.45. The molecule has 1 aliphatic rings. The van der Waals surface area contributed by atoms with Gasteiger partial charge in [0.1, 0.15) is 23.9 Å². The molecule has 9 heteroatoms. The van der Waals surface area contributed by atoms with E-state index in [9.17, 15) is 0 Å². The van der Waals surface area contributed by atoms with E-state index in [1.807, 2.05) is 36.4 Å². The molecule has 0 saturated carbocycles. The standard InChI is InChI=1S/C27H32N8O/c1-28-26(33-23-8-6-13-31-27(23)22-7-4-5-12-30-22)11-14-29-20-32-21-9-10-24(25(19-21)36-3)35-17-15-34(2)16-18-35/h4-14,19,32-33H,1,15-18,20H2,2-3H3/b26-11+,29-14?. The zero-order valence-corrected chi connectivity index (χ0v) is 20.8. The number of rotatable bonds is 10. The normalized spacial score (nSPS) is 14.6. The van der Waals surface area contributed by atoms with Crippen LogP contribution in [0.15, 0.2) is 82.8 Å². The number of hydrogen-bond donors (Lipinski definition) is 2. The first-order valence-corrected chi connectivity index (χ1v) is 11.8. The van der Waals surface area contributed by atoms with Crippen molar-refractivity contribution in [3.05, 3.63) is 72.8 Å². The molecule has 2 aromatic heterocycles. The van der Waals surface area contributed by atoms with Crippen LogP contribution in [-0.2, 0) is 0 Å². The van der Waals surface area contributed by atoms with Crippen LogP contribution in [0.4, 0.5) is 17.1 Å². The first kappa shape index (κ1) is 24.9. The van der Waals surface area contributed by atoms with E-state index >= 15 is 0 Å². The van der Waals surface area contributed by atoms with E-state index in [0.717, 1.165) is 60.4 Å². The van der Waals surface area contributed by atoms with Crippen molar-refractivity contribution in [2.45, 2.75) is 0 Å². The average molecular weight is 485 g/mol. The van der Waals surface area contributed by atoms with Gasteiger partial charge in [-0.2, -0.15) is 0 Å². The molecule has 0 bridgehead atoms. The van der Waals surface area contributed by atoms with Crippen molar-refractivity contribution in [3.63, 3.8) is 0 Å². The van der Waals surface area contributed by atoms with Crippen molar-refractivity contribution < 1.29 is 4.74 Å². The second-order valence-corrected chi connectivity index (χ2v) is 8.29. The van der Waals surface area contributed by atoms with Gasteiger partial charge in [-0.25, -0.2) is 4.99 Å². The number of nitrogens with zero attached hydrogens (tertiary/aromatic N) is 6. The van der Waals surface area contributed by atoms with E-state index in [-0.39, 0.29) is 0 Å². The van der Waals surface area contributed by atoms with Crippen LogP contribution in [-0.4, -0.2) is 74.8 Å². The van der Waals surface area contributed by atoms with Crippen LogP contribution in [0.25, 0.3) is 11.4 Å². The Kier molecular flexibility index (Phi) is 8.61. The van der Waals surface area contributed by atoms with E-state index in [2.05, 4.69) is 66.3 Å². The predicted molar refractivity (Wildman–Crippen MR) is 148 cm³/mol. The lowest BCUT2D eigenvalue weighted by Gasteiger charge is -2.34. The molecule has 1 saturated heterocycles. The second kappa shape index (κ2) is 12.5. The molecule has 3 aromatic rings. The van der Waals surface area contributed by atoms with E-state index in [4.69, 9.17) is 4.74 Å². The second-order valence-electron chi connectivity index (χ2n) is 8.29. The summed E-state index contributed by atoms with van der Waals surface area (Å²) in [6.07, 6.45) is 6.93. The molecule has 1 fully saturated rings. The van der Waals surface area contributed by atoms with Gasteiger partial charge in [0.15, 0.2) is 0 Å². The Morgan fingerprint density at radius 3 is 2.67 bits per heavy atom. The molecule has 0 aliphatic carbocycles. The van der Waals surface area contributed by atoms with Gasteiger partial charge in [0, 0.05) is 56.5 Å². The maximum Gasteiger partial charge on any atom is 0.144 e. The largest absolute Gasteiger partial charge is 0.495 e. The summed E-state index contributed by atoms with van der Waals surface area (Å²) in [5.41, 5.74) is 4.36. The first-order chi connectivity index (χ1) is 17.7. The summed E-state index contributed by atoms with van der Waals surface area (Å²) in [4.78, 5) is 22.1. The van der Waals surface area contributed by atoms with Gasteiger partial charge in [-0.3, -0.25) is 15.0 Å². The van der Waals surface area contributed by atoms with E-state index < -0.39 is 0 Å². The van der Waals surface area contributed by atoms with E-state index in [1.165, 1.54) is 0 Å². The average Bonchev–Trinajstić information content (AvgIpc) is 2.93. The maximum atomic E-state index is 5.66. The van der Waals surface area contributed by atoms with Gasteiger partial charge in [-0.05, 0) is 56.2 Å². The number of anilines is 3. The molecule has 0 spiro atoms. The Morgan fingerprint density at radius 2 is 1.92 bits per heavy atom. The van der Waals surface area contributed by atoms with Gasteiger partial charge in [-0.1, -0.05) is 6.07 Å². The first-order valence-electron chi connectivity index (χ1n) is 11.8. The van der Waals surface area contributed by atoms with Crippen molar-refractivity contribution in [3.8, 4) is 17.1 Å². The van der Waals surface area contributed by atoms with Crippen molar-refractivity contribution in [1.82, 2.24) is 14.9 Å². The molecule has 1 aromatic carbocycles. The van der Waals surface area contributed by atoms with Crippen LogP contribution in [0.3, 0.4) is 0 Å². The third-order valence-electron chi connectivity index (χ3n) is 5.88.